The van der Waals surface area contributed by atoms with Crippen LogP contribution in [0.25, 0.3) is 0 Å². The molecular formula is C15H26N2S. The summed E-state index contributed by atoms with van der Waals surface area (Å²) in [6.07, 6.45) is 7.27. The first-order valence-corrected chi connectivity index (χ1v) is 8.19. The summed E-state index contributed by atoms with van der Waals surface area (Å²) in [4.78, 5) is 6.51. The van der Waals surface area contributed by atoms with Gasteiger partial charge in [0.25, 0.3) is 0 Å². The van der Waals surface area contributed by atoms with Crippen molar-refractivity contribution in [2.75, 3.05) is 0 Å². The van der Waals surface area contributed by atoms with Crippen molar-refractivity contribution in [1.82, 2.24) is 10.3 Å². The maximum absolute atomic E-state index is 4.96. The third-order valence-corrected chi connectivity index (χ3v) is 5.21. The second-order valence-electron chi connectivity index (χ2n) is 5.73. The Kier molecular flexibility index (Phi) is 4.44. The number of rotatable bonds is 6. The maximum atomic E-state index is 4.96. The van der Waals surface area contributed by atoms with E-state index in [4.69, 9.17) is 4.98 Å². The van der Waals surface area contributed by atoms with Crippen LogP contribution in [0.4, 0.5) is 0 Å². The molecule has 1 unspecified atom stereocenters. The highest BCUT2D eigenvalue weighted by Gasteiger charge is 2.34. The molecule has 1 aromatic rings. The number of nitrogens with zero attached hydrogens (tertiary/aromatic N) is 1. The van der Waals surface area contributed by atoms with Gasteiger partial charge in [0, 0.05) is 10.9 Å². The van der Waals surface area contributed by atoms with Gasteiger partial charge in [0.05, 0.1) is 11.2 Å². The van der Waals surface area contributed by atoms with E-state index in [1.54, 1.807) is 4.88 Å². The van der Waals surface area contributed by atoms with Gasteiger partial charge in [-0.25, -0.2) is 4.98 Å². The van der Waals surface area contributed by atoms with Crippen LogP contribution in [0.15, 0.2) is 0 Å². The average molecular weight is 266 g/mol. The fourth-order valence-electron chi connectivity index (χ4n) is 3.05. The van der Waals surface area contributed by atoms with Gasteiger partial charge in [0.15, 0.2) is 0 Å². The highest BCUT2D eigenvalue weighted by atomic mass is 32.1. The topological polar surface area (TPSA) is 24.9 Å². The van der Waals surface area contributed by atoms with Crippen molar-refractivity contribution in [3.05, 3.63) is 15.6 Å². The zero-order valence-electron chi connectivity index (χ0n) is 12.2. The smallest absolute Gasteiger partial charge is 0.113 e. The van der Waals surface area contributed by atoms with E-state index in [0.29, 0.717) is 6.04 Å². The van der Waals surface area contributed by atoms with Gasteiger partial charge in [0.2, 0.25) is 0 Å². The zero-order valence-corrected chi connectivity index (χ0v) is 13.0. The molecule has 0 aromatic carbocycles. The van der Waals surface area contributed by atoms with Gasteiger partial charge >= 0.3 is 0 Å². The van der Waals surface area contributed by atoms with Crippen LogP contribution in [0.3, 0.4) is 0 Å². The van der Waals surface area contributed by atoms with E-state index in [1.165, 1.54) is 42.8 Å². The van der Waals surface area contributed by atoms with E-state index >= 15 is 0 Å². The molecule has 3 heteroatoms. The molecule has 1 atom stereocenters. The molecule has 1 aromatic heterocycles. The molecule has 0 saturated heterocycles. The summed E-state index contributed by atoms with van der Waals surface area (Å²) >= 11 is 1.96. The quantitative estimate of drug-likeness (QED) is 0.840. The molecule has 1 aliphatic carbocycles. The lowest BCUT2D eigenvalue weighted by Gasteiger charge is -2.34. The Labute approximate surface area is 115 Å². The number of thiazole rings is 1. The first-order chi connectivity index (χ1) is 8.61. The van der Waals surface area contributed by atoms with Crippen molar-refractivity contribution in [2.24, 2.45) is 0 Å². The second kappa shape index (κ2) is 5.70. The summed E-state index contributed by atoms with van der Waals surface area (Å²) in [5, 5.41) is 5.14. The van der Waals surface area contributed by atoms with E-state index in [2.05, 4.69) is 33.0 Å². The standard InChI is InChI=1S/C15H26N2S/c1-5-10-15(6-2,17-11(3)4)14-16-12-8-7-9-13(12)18-14/h11,17H,5-10H2,1-4H3. The maximum Gasteiger partial charge on any atom is 0.113 e. The van der Waals surface area contributed by atoms with E-state index in [9.17, 15) is 0 Å². The molecule has 0 bridgehead atoms. The molecule has 2 nitrogen and oxygen atoms in total. The molecule has 0 spiro atoms. The fourth-order valence-corrected chi connectivity index (χ4v) is 4.45. The summed E-state index contributed by atoms with van der Waals surface area (Å²) in [6, 6.07) is 0.509. The molecule has 18 heavy (non-hydrogen) atoms. The average Bonchev–Trinajstić information content (AvgIpc) is 2.87. The minimum atomic E-state index is 0.109. The number of hydrogen-bond acceptors (Lipinski definition) is 3. The number of nitrogens with one attached hydrogen (secondary N) is 1. The SMILES string of the molecule is CCCC(CC)(NC(C)C)c1nc2c(s1)CCC2. The van der Waals surface area contributed by atoms with Crippen LogP contribution in [-0.2, 0) is 18.4 Å². The molecule has 2 rings (SSSR count). The normalized spacial score (nSPS) is 18.1. The Balaban J connectivity index is 2.31. The molecule has 0 radical (unpaired) electrons. The summed E-state index contributed by atoms with van der Waals surface area (Å²) < 4.78 is 0. The van der Waals surface area contributed by atoms with Crippen LogP contribution in [0.2, 0.25) is 0 Å². The van der Waals surface area contributed by atoms with E-state index in [1.807, 2.05) is 11.3 Å². The van der Waals surface area contributed by atoms with Gasteiger partial charge < -0.3 is 5.32 Å². The summed E-state index contributed by atoms with van der Waals surface area (Å²) in [7, 11) is 0. The first-order valence-electron chi connectivity index (χ1n) is 7.38. The molecule has 1 heterocycles. The predicted molar refractivity (Wildman–Crippen MR) is 79.3 cm³/mol. The van der Waals surface area contributed by atoms with Gasteiger partial charge in [-0.1, -0.05) is 20.3 Å². The summed E-state index contributed by atoms with van der Waals surface area (Å²) in [5.41, 5.74) is 1.49. The summed E-state index contributed by atoms with van der Waals surface area (Å²) in [5.74, 6) is 0. The Morgan fingerprint density at radius 3 is 2.67 bits per heavy atom. The van der Waals surface area contributed by atoms with Crippen LogP contribution >= 0.6 is 11.3 Å². The number of aryl methyl sites for hydroxylation is 2. The van der Waals surface area contributed by atoms with Gasteiger partial charge in [-0.05, 0) is 46.0 Å². The molecular weight excluding hydrogens is 240 g/mol. The van der Waals surface area contributed by atoms with E-state index in [0.717, 1.165) is 6.42 Å². The molecule has 102 valence electrons. The van der Waals surface area contributed by atoms with Crippen LogP contribution < -0.4 is 5.32 Å². The van der Waals surface area contributed by atoms with Crippen molar-refractivity contribution in [1.29, 1.82) is 0 Å². The van der Waals surface area contributed by atoms with Crippen LogP contribution in [0.1, 0.15) is 69.0 Å². The number of hydrogen-bond donors (Lipinski definition) is 1. The van der Waals surface area contributed by atoms with Crippen molar-refractivity contribution < 1.29 is 0 Å². The molecule has 0 aliphatic heterocycles. The third kappa shape index (κ3) is 2.62. The molecule has 0 amide bonds. The van der Waals surface area contributed by atoms with Crippen LogP contribution in [0, 0.1) is 0 Å². The lowest BCUT2D eigenvalue weighted by atomic mass is 9.90. The van der Waals surface area contributed by atoms with Gasteiger partial charge in [-0.3, -0.25) is 0 Å². The Morgan fingerprint density at radius 2 is 2.11 bits per heavy atom. The van der Waals surface area contributed by atoms with Crippen LogP contribution in [-0.4, -0.2) is 11.0 Å². The minimum absolute atomic E-state index is 0.109. The van der Waals surface area contributed by atoms with Gasteiger partial charge in [-0.2, -0.15) is 0 Å². The Bertz CT molecular complexity index is 376. The Hall–Kier alpha value is -0.410. The molecule has 1 aliphatic rings. The van der Waals surface area contributed by atoms with Crippen molar-refractivity contribution in [2.45, 2.75) is 77.8 Å². The number of fused-ring (bicyclic) bond motifs is 1. The summed E-state index contributed by atoms with van der Waals surface area (Å²) in [6.45, 7) is 9.04. The molecule has 1 N–H and O–H groups in total. The van der Waals surface area contributed by atoms with E-state index in [-0.39, 0.29) is 5.54 Å². The highest BCUT2D eigenvalue weighted by molar-refractivity contribution is 7.12. The first kappa shape index (κ1) is 14.0. The second-order valence-corrected chi connectivity index (χ2v) is 6.81. The molecule has 0 fully saturated rings. The van der Waals surface area contributed by atoms with Crippen molar-refractivity contribution in [3.63, 3.8) is 0 Å². The lowest BCUT2D eigenvalue weighted by Crippen LogP contribution is -2.45. The predicted octanol–water partition coefficient (Wildman–Crippen LogP) is 4.04. The fraction of sp³-hybridized carbons (Fsp3) is 0.800. The van der Waals surface area contributed by atoms with Crippen LogP contribution in [0.5, 0.6) is 0 Å². The monoisotopic (exact) mass is 266 g/mol. The minimum Gasteiger partial charge on any atom is -0.303 e. The zero-order chi connectivity index (χ0) is 13.2. The lowest BCUT2D eigenvalue weighted by molar-refractivity contribution is 0.269. The van der Waals surface area contributed by atoms with E-state index < -0.39 is 0 Å². The third-order valence-electron chi connectivity index (χ3n) is 3.85. The van der Waals surface area contributed by atoms with Crippen molar-refractivity contribution in [3.8, 4) is 0 Å². The Morgan fingerprint density at radius 1 is 1.33 bits per heavy atom. The van der Waals surface area contributed by atoms with Crippen molar-refractivity contribution >= 4 is 11.3 Å². The molecule has 0 saturated carbocycles. The highest BCUT2D eigenvalue weighted by Crippen LogP contribution is 2.37. The van der Waals surface area contributed by atoms with Gasteiger partial charge in [-0.15, -0.1) is 11.3 Å². The number of aromatic nitrogens is 1. The van der Waals surface area contributed by atoms with Gasteiger partial charge in [0.1, 0.15) is 5.01 Å². The largest absolute Gasteiger partial charge is 0.303 e.